The Labute approximate surface area is 121 Å². The van der Waals surface area contributed by atoms with Crippen LogP contribution in [0.4, 0.5) is 5.69 Å². The number of nitrogens with one attached hydrogen (secondary N) is 1. The van der Waals surface area contributed by atoms with E-state index in [1.807, 2.05) is 36.4 Å². The summed E-state index contributed by atoms with van der Waals surface area (Å²) in [5.74, 6) is -0.274. The Morgan fingerprint density at radius 3 is 2.81 bits per heavy atom. The summed E-state index contributed by atoms with van der Waals surface area (Å²) in [6, 6.07) is 12.6. The third-order valence-electron chi connectivity index (χ3n) is 3.33. The summed E-state index contributed by atoms with van der Waals surface area (Å²) in [5.41, 5.74) is 8.00. The number of rotatable bonds is 4. The number of hydrogen-bond donors (Lipinski definition) is 2. The molecule has 0 radical (unpaired) electrons. The number of benzene rings is 2. The number of furan rings is 1. The minimum absolute atomic E-state index is 0.183. The number of hydrogen-bond acceptors (Lipinski definition) is 4. The van der Waals surface area contributed by atoms with Crippen molar-refractivity contribution in [2.24, 2.45) is 5.73 Å². The number of anilines is 1. The average molecular weight is 284 g/mol. The van der Waals surface area contributed by atoms with Gasteiger partial charge in [0.2, 0.25) is 5.91 Å². The van der Waals surface area contributed by atoms with Crippen LogP contribution in [0.5, 0.6) is 0 Å². The van der Waals surface area contributed by atoms with Crippen molar-refractivity contribution in [1.82, 2.24) is 0 Å². The lowest BCUT2D eigenvalue weighted by atomic mass is 10.1. The molecule has 21 heavy (non-hydrogen) atoms. The summed E-state index contributed by atoms with van der Waals surface area (Å²) >= 11 is 0. The molecular weight excluding hydrogens is 268 g/mol. The first kappa shape index (κ1) is 13.6. The molecule has 1 heterocycles. The molecule has 0 saturated carbocycles. The first-order chi connectivity index (χ1) is 10.2. The Morgan fingerprint density at radius 1 is 1.24 bits per heavy atom. The topological polar surface area (TPSA) is 77.5 Å². The smallest absolute Gasteiger partial charge is 0.243 e. The van der Waals surface area contributed by atoms with Gasteiger partial charge in [-0.05, 0) is 24.3 Å². The average Bonchev–Trinajstić information content (AvgIpc) is 2.85. The van der Waals surface area contributed by atoms with Crippen molar-refractivity contribution in [3.63, 3.8) is 0 Å². The second-order valence-corrected chi connectivity index (χ2v) is 4.86. The minimum Gasteiger partial charge on any atom is -0.456 e. The molecule has 3 aromatic rings. The predicted molar refractivity (Wildman–Crippen MR) is 82.2 cm³/mol. The number of methoxy groups -OCH3 is 1. The maximum absolute atomic E-state index is 11.9. The molecule has 0 aliphatic rings. The molecule has 0 aliphatic carbocycles. The van der Waals surface area contributed by atoms with E-state index in [9.17, 15) is 4.79 Å². The van der Waals surface area contributed by atoms with Crippen molar-refractivity contribution in [2.45, 2.75) is 6.04 Å². The molecule has 1 aromatic heterocycles. The van der Waals surface area contributed by atoms with E-state index in [2.05, 4.69) is 5.32 Å². The van der Waals surface area contributed by atoms with E-state index in [1.165, 1.54) is 7.11 Å². The summed E-state index contributed by atoms with van der Waals surface area (Å²) < 4.78 is 10.6. The summed E-state index contributed by atoms with van der Waals surface area (Å²) in [4.78, 5) is 11.9. The van der Waals surface area contributed by atoms with Gasteiger partial charge >= 0.3 is 0 Å². The monoisotopic (exact) mass is 284 g/mol. The van der Waals surface area contributed by atoms with Crippen LogP contribution in [0.1, 0.15) is 0 Å². The van der Waals surface area contributed by atoms with Gasteiger partial charge < -0.3 is 20.2 Å². The van der Waals surface area contributed by atoms with Crippen molar-refractivity contribution >= 4 is 33.5 Å². The lowest BCUT2D eigenvalue weighted by Crippen LogP contribution is -2.39. The number of carbonyl (C=O) groups is 1. The number of nitrogens with two attached hydrogens (primary N) is 1. The van der Waals surface area contributed by atoms with E-state index in [4.69, 9.17) is 14.9 Å². The van der Waals surface area contributed by atoms with Gasteiger partial charge in [0, 0.05) is 23.6 Å². The van der Waals surface area contributed by atoms with Gasteiger partial charge in [0.25, 0.3) is 0 Å². The maximum Gasteiger partial charge on any atom is 0.243 e. The van der Waals surface area contributed by atoms with E-state index in [1.54, 1.807) is 6.07 Å². The molecule has 5 nitrogen and oxygen atoms in total. The highest BCUT2D eigenvalue weighted by Gasteiger charge is 2.14. The molecule has 3 N–H and O–H groups in total. The second-order valence-electron chi connectivity index (χ2n) is 4.86. The maximum atomic E-state index is 11.9. The Hall–Kier alpha value is -2.37. The summed E-state index contributed by atoms with van der Waals surface area (Å²) in [5, 5.41) is 4.77. The molecule has 5 heteroatoms. The van der Waals surface area contributed by atoms with E-state index in [0.29, 0.717) is 5.69 Å². The number of carbonyl (C=O) groups excluding carboxylic acids is 1. The van der Waals surface area contributed by atoms with Gasteiger partial charge in [0.05, 0.1) is 6.61 Å². The van der Waals surface area contributed by atoms with Crippen LogP contribution in [0.25, 0.3) is 21.9 Å². The summed E-state index contributed by atoms with van der Waals surface area (Å²) in [6.45, 7) is 0.183. The molecule has 0 saturated heterocycles. The Kier molecular flexibility index (Phi) is 3.60. The molecular formula is C16H16N2O3. The fraction of sp³-hybridized carbons (Fsp3) is 0.188. The summed E-state index contributed by atoms with van der Waals surface area (Å²) in [7, 11) is 1.51. The molecule has 0 spiro atoms. The quantitative estimate of drug-likeness (QED) is 0.771. The fourth-order valence-corrected chi connectivity index (χ4v) is 2.29. The van der Waals surface area contributed by atoms with Crippen molar-refractivity contribution in [2.75, 3.05) is 19.0 Å². The van der Waals surface area contributed by atoms with Crippen LogP contribution in [0.2, 0.25) is 0 Å². The number of para-hydroxylation sites is 1. The lowest BCUT2D eigenvalue weighted by Gasteiger charge is -2.11. The molecule has 108 valence electrons. The normalized spacial score (nSPS) is 12.7. The molecule has 1 unspecified atom stereocenters. The van der Waals surface area contributed by atoms with Crippen LogP contribution < -0.4 is 11.1 Å². The lowest BCUT2D eigenvalue weighted by molar-refractivity contribution is -0.118. The van der Waals surface area contributed by atoms with Crippen LogP contribution in [-0.2, 0) is 9.53 Å². The molecule has 0 fully saturated rings. The second kappa shape index (κ2) is 5.55. The zero-order valence-electron chi connectivity index (χ0n) is 11.6. The van der Waals surface area contributed by atoms with Crippen LogP contribution in [0.3, 0.4) is 0 Å². The molecule has 2 aromatic carbocycles. The molecule has 0 aliphatic heterocycles. The van der Waals surface area contributed by atoms with E-state index >= 15 is 0 Å². The molecule has 1 atom stereocenters. The van der Waals surface area contributed by atoms with Gasteiger partial charge in [-0.2, -0.15) is 0 Å². The van der Waals surface area contributed by atoms with Gasteiger partial charge in [-0.3, -0.25) is 4.79 Å². The van der Waals surface area contributed by atoms with Gasteiger partial charge in [-0.25, -0.2) is 0 Å². The largest absolute Gasteiger partial charge is 0.456 e. The standard InChI is InChI=1S/C16H16N2O3/c1-20-9-13(17)16(19)18-10-6-7-15-12(8-10)11-4-2-3-5-14(11)21-15/h2-8,13H,9,17H2,1H3,(H,18,19). The minimum atomic E-state index is -0.688. The van der Waals surface area contributed by atoms with Gasteiger partial charge in [0.15, 0.2) is 0 Å². The Balaban J connectivity index is 1.93. The summed E-state index contributed by atoms with van der Waals surface area (Å²) in [6.07, 6.45) is 0. The van der Waals surface area contributed by atoms with Crippen LogP contribution >= 0.6 is 0 Å². The predicted octanol–water partition coefficient (Wildman–Crippen LogP) is 2.50. The van der Waals surface area contributed by atoms with Gasteiger partial charge in [-0.15, -0.1) is 0 Å². The fourth-order valence-electron chi connectivity index (χ4n) is 2.29. The van der Waals surface area contributed by atoms with Crippen molar-refractivity contribution in [3.8, 4) is 0 Å². The zero-order chi connectivity index (χ0) is 14.8. The first-order valence-corrected chi connectivity index (χ1v) is 6.65. The van der Waals surface area contributed by atoms with E-state index in [-0.39, 0.29) is 12.5 Å². The van der Waals surface area contributed by atoms with E-state index in [0.717, 1.165) is 21.9 Å². The molecule has 0 bridgehead atoms. The van der Waals surface area contributed by atoms with E-state index < -0.39 is 6.04 Å². The van der Waals surface area contributed by atoms with Crippen LogP contribution in [0, 0.1) is 0 Å². The van der Waals surface area contributed by atoms with Gasteiger partial charge in [-0.1, -0.05) is 18.2 Å². The van der Waals surface area contributed by atoms with Crippen molar-refractivity contribution in [3.05, 3.63) is 42.5 Å². The van der Waals surface area contributed by atoms with Crippen molar-refractivity contribution < 1.29 is 13.9 Å². The first-order valence-electron chi connectivity index (χ1n) is 6.65. The molecule has 1 amide bonds. The SMILES string of the molecule is COCC(N)C(=O)Nc1ccc2oc3ccccc3c2c1. The number of fused-ring (bicyclic) bond motifs is 3. The van der Waals surface area contributed by atoms with Crippen molar-refractivity contribution in [1.29, 1.82) is 0 Å². The van der Waals surface area contributed by atoms with Crippen LogP contribution in [0.15, 0.2) is 46.9 Å². The Bertz CT molecular complexity index is 794. The Morgan fingerprint density at radius 2 is 2.00 bits per heavy atom. The van der Waals surface area contributed by atoms with Gasteiger partial charge in [0.1, 0.15) is 17.2 Å². The highest BCUT2D eigenvalue weighted by atomic mass is 16.5. The molecule has 3 rings (SSSR count). The zero-order valence-corrected chi connectivity index (χ0v) is 11.6. The third kappa shape index (κ3) is 2.61. The third-order valence-corrected chi connectivity index (χ3v) is 3.33. The van der Waals surface area contributed by atoms with Crippen LogP contribution in [-0.4, -0.2) is 25.7 Å². The number of amides is 1. The highest BCUT2D eigenvalue weighted by Crippen LogP contribution is 2.30. The highest BCUT2D eigenvalue weighted by molar-refractivity contribution is 6.07. The number of ether oxygens (including phenoxy) is 1.